The summed E-state index contributed by atoms with van der Waals surface area (Å²) in [4.78, 5) is 5.40. The second kappa shape index (κ2) is 4.85. The highest BCUT2D eigenvalue weighted by Gasteiger charge is 2.09. The van der Waals surface area contributed by atoms with Gasteiger partial charge in [0.2, 0.25) is 0 Å². The lowest BCUT2D eigenvalue weighted by Gasteiger charge is -2.08. The normalized spacial score (nSPS) is 10.8. The molecule has 2 heterocycles. The molecule has 5 heteroatoms. The highest BCUT2D eigenvalue weighted by Crippen LogP contribution is 2.24. The van der Waals surface area contributed by atoms with Gasteiger partial charge in [0.05, 0.1) is 11.4 Å². The molecule has 0 aliphatic heterocycles. The number of hydrogen-bond donors (Lipinski definition) is 1. The molecular weight excluding hydrogens is 261 g/mol. The topological polar surface area (TPSA) is 43.8 Å². The van der Waals surface area contributed by atoms with Crippen molar-refractivity contribution in [1.82, 2.24) is 9.55 Å². The molecule has 0 atom stereocenters. The Labute approximate surface area is 114 Å². The average Bonchev–Trinajstić information content (AvgIpc) is 3.03. The van der Waals surface area contributed by atoms with Crippen molar-refractivity contribution in [2.45, 2.75) is 6.54 Å². The summed E-state index contributed by atoms with van der Waals surface area (Å²) in [6.07, 6.45) is 3.58. The number of aromatic nitrogens is 2. The van der Waals surface area contributed by atoms with Crippen molar-refractivity contribution in [2.24, 2.45) is 0 Å². The second-order valence-corrected chi connectivity index (χ2v) is 5.15. The van der Waals surface area contributed by atoms with E-state index in [1.54, 1.807) is 29.7 Å². The fourth-order valence-electron chi connectivity index (χ4n) is 1.94. The van der Waals surface area contributed by atoms with Gasteiger partial charge in [-0.15, -0.1) is 11.3 Å². The number of halogens is 1. The van der Waals surface area contributed by atoms with Gasteiger partial charge in [0.15, 0.2) is 0 Å². The Kier molecular flexibility index (Phi) is 3.05. The van der Waals surface area contributed by atoms with Crippen molar-refractivity contribution in [2.75, 3.05) is 5.73 Å². The fourth-order valence-corrected chi connectivity index (χ4v) is 2.68. The number of rotatable bonds is 3. The zero-order chi connectivity index (χ0) is 13.2. The Morgan fingerprint density at radius 3 is 2.95 bits per heavy atom. The molecule has 0 saturated carbocycles. The summed E-state index contributed by atoms with van der Waals surface area (Å²) in [6, 6.07) is 8.74. The molecule has 0 radical (unpaired) electrons. The van der Waals surface area contributed by atoms with Crippen molar-refractivity contribution in [3.63, 3.8) is 0 Å². The first-order valence-corrected chi connectivity index (χ1v) is 6.71. The maximum absolute atomic E-state index is 13.8. The van der Waals surface area contributed by atoms with E-state index >= 15 is 0 Å². The predicted octanol–water partition coefficient (Wildman–Crippen LogP) is 3.38. The Morgan fingerprint density at radius 1 is 1.32 bits per heavy atom. The maximum atomic E-state index is 13.8. The van der Waals surface area contributed by atoms with E-state index in [1.165, 1.54) is 6.07 Å². The second-order valence-electron chi connectivity index (χ2n) is 4.21. The van der Waals surface area contributed by atoms with Crippen LogP contribution in [-0.4, -0.2) is 9.55 Å². The summed E-state index contributed by atoms with van der Waals surface area (Å²) in [6.45, 7) is 0.444. The first-order valence-electron chi connectivity index (χ1n) is 5.83. The molecule has 3 rings (SSSR count). The average molecular weight is 273 g/mol. The van der Waals surface area contributed by atoms with E-state index in [2.05, 4.69) is 4.98 Å². The molecular formula is C14H12FN3S. The van der Waals surface area contributed by atoms with Crippen LogP contribution in [0.2, 0.25) is 0 Å². The molecule has 0 aliphatic rings. The first kappa shape index (κ1) is 11.9. The number of imidazole rings is 1. The SMILES string of the molecule is Nc1ccc(Cn2ccnc2-c2cccs2)c(F)c1. The smallest absolute Gasteiger partial charge is 0.150 e. The number of thiophene rings is 1. The van der Waals surface area contributed by atoms with Gasteiger partial charge in [-0.05, 0) is 23.6 Å². The Hall–Kier alpha value is -2.14. The summed E-state index contributed by atoms with van der Waals surface area (Å²) in [5.74, 6) is 0.567. The van der Waals surface area contributed by atoms with Gasteiger partial charge in [0, 0.05) is 23.6 Å². The summed E-state index contributed by atoms with van der Waals surface area (Å²) in [5, 5.41) is 2.00. The molecule has 0 spiro atoms. The van der Waals surface area contributed by atoms with E-state index in [1.807, 2.05) is 28.3 Å². The van der Waals surface area contributed by atoms with E-state index in [0.717, 1.165) is 10.7 Å². The molecule has 3 nitrogen and oxygen atoms in total. The van der Waals surface area contributed by atoms with Gasteiger partial charge in [-0.2, -0.15) is 0 Å². The number of nitrogens with zero attached hydrogens (tertiary/aromatic N) is 2. The van der Waals surface area contributed by atoms with Crippen LogP contribution in [0.4, 0.5) is 10.1 Å². The third-order valence-electron chi connectivity index (χ3n) is 2.87. The number of hydrogen-bond acceptors (Lipinski definition) is 3. The summed E-state index contributed by atoms with van der Waals surface area (Å²) in [5.41, 5.74) is 6.59. The van der Waals surface area contributed by atoms with Crippen molar-refractivity contribution >= 4 is 17.0 Å². The van der Waals surface area contributed by atoms with Crippen LogP contribution in [-0.2, 0) is 6.54 Å². The standard InChI is InChI=1S/C14H12FN3S/c15-12-8-11(16)4-3-10(12)9-18-6-5-17-14(18)13-2-1-7-19-13/h1-8H,9,16H2. The van der Waals surface area contributed by atoms with Crippen LogP contribution in [0.1, 0.15) is 5.56 Å². The van der Waals surface area contributed by atoms with Crippen LogP contribution in [0.25, 0.3) is 10.7 Å². The van der Waals surface area contributed by atoms with Gasteiger partial charge < -0.3 is 10.3 Å². The lowest BCUT2D eigenvalue weighted by Crippen LogP contribution is -2.03. The molecule has 2 N–H and O–H groups in total. The monoisotopic (exact) mass is 273 g/mol. The number of benzene rings is 1. The molecule has 0 bridgehead atoms. The van der Waals surface area contributed by atoms with Crippen LogP contribution in [0.5, 0.6) is 0 Å². The summed E-state index contributed by atoms with van der Waals surface area (Å²) >= 11 is 1.61. The highest BCUT2D eigenvalue weighted by molar-refractivity contribution is 7.13. The van der Waals surface area contributed by atoms with Gasteiger partial charge >= 0.3 is 0 Å². The van der Waals surface area contributed by atoms with Crippen LogP contribution >= 0.6 is 11.3 Å². The highest BCUT2D eigenvalue weighted by atomic mass is 32.1. The Balaban J connectivity index is 1.94. The molecule has 2 aromatic heterocycles. The van der Waals surface area contributed by atoms with E-state index in [0.29, 0.717) is 17.8 Å². The van der Waals surface area contributed by atoms with Crippen molar-refractivity contribution in [1.29, 1.82) is 0 Å². The van der Waals surface area contributed by atoms with E-state index in [9.17, 15) is 4.39 Å². The van der Waals surface area contributed by atoms with Gasteiger partial charge in [0.25, 0.3) is 0 Å². The summed E-state index contributed by atoms with van der Waals surface area (Å²) in [7, 11) is 0. The number of nitrogens with two attached hydrogens (primary N) is 1. The van der Waals surface area contributed by atoms with Crippen LogP contribution in [0, 0.1) is 5.82 Å². The molecule has 19 heavy (non-hydrogen) atoms. The zero-order valence-corrected chi connectivity index (χ0v) is 10.9. The largest absolute Gasteiger partial charge is 0.399 e. The first-order chi connectivity index (χ1) is 9.24. The van der Waals surface area contributed by atoms with Gasteiger partial charge in [0.1, 0.15) is 11.6 Å². The molecule has 0 fully saturated rings. The molecule has 0 saturated heterocycles. The van der Waals surface area contributed by atoms with Crippen molar-refractivity contribution in [3.05, 3.63) is 59.5 Å². The third kappa shape index (κ3) is 2.37. The molecule has 0 amide bonds. The Bertz CT molecular complexity index is 689. The minimum absolute atomic E-state index is 0.286. The third-order valence-corrected chi connectivity index (χ3v) is 3.74. The van der Waals surface area contributed by atoms with Crippen LogP contribution in [0.3, 0.4) is 0 Å². The minimum atomic E-state index is -0.286. The van der Waals surface area contributed by atoms with Crippen molar-refractivity contribution in [3.8, 4) is 10.7 Å². The van der Waals surface area contributed by atoms with E-state index in [-0.39, 0.29) is 5.82 Å². The zero-order valence-electron chi connectivity index (χ0n) is 10.1. The maximum Gasteiger partial charge on any atom is 0.150 e. The molecule has 1 aromatic carbocycles. The quantitative estimate of drug-likeness (QED) is 0.743. The van der Waals surface area contributed by atoms with E-state index < -0.39 is 0 Å². The molecule has 0 aliphatic carbocycles. The lowest BCUT2D eigenvalue weighted by atomic mass is 10.2. The molecule has 96 valence electrons. The minimum Gasteiger partial charge on any atom is -0.399 e. The Morgan fingerprint density at radius 2 is 2.21 bits per heavy atom. The predicted molar refractivity (Wildman–Crippen MR) is 75.5 cm³/mol. The summed E-state index contributed by atoms with van der Waals surface area (Å²) < 4.78 is 15.7. The number of anilines is 1. The fraction of sp³-hybridized carbons (Fsp3) is 0.0714. The molecule has 3 aromatic rings. The molecule has 0 unspecified atom stereocenters. The van der Waals surface area contributed by atoms with Gasteiger partial charge in [-0.25, -0.2) is 9.37 Å². The lowest BCUT2D eigenvalue weighted by molar-refractivity contribution is 0.601. The van der Waals surface area contributed by atoms with Crippen molar-refractivity contribution < 1.29 is 4.39 Å². The van der Waals surface area contributed by atoms with Gasteiger partial charge in [-0.3, -0.25) is 0 Å². The van der Waals surface area contributed by atoms with Gasteiger partial charge in [-0.1, -0.05) is 12.1 Å². The van der Waals surface area contributed by atoms with Crippen LogP contribution in [0.15, 0.2) is 48.1 Å². The van der Waals surface area contributed by atoms with Crippen LogP contribution < -0.4 is 5.73 Å². The number of nitrogen functional groups attached to an aromatic ring is 1. The van der Waals surface area contributed by atoms with E-state index in [4.69, 9.17) is 5.73 Å².